The van der Waals surface area contributed by atoms with Crippen LogP contribution in [0.2, 0.25) is 0 Å². The van der Waals surface area contributed by atoms with E-state index in [0.29, 0.717) is 18.6 Å². The number of halogens is 3. The second-order valence-corrected chi connectivity index (χ2v) is 6.62. The Kier molecular flexibility index (Phi) is 5.38. The number of para-hydroxylation sites is 2. The number of benzene rings is 1. The monoisotopic (exact) mass is 381 g/mol. The van der Waals surface area contributed by atoms with Crippen LogP contribution >= 0.6 is 0 Å². The molecule has 3 rings (SSSR count). The minimum absolute atomic E-state index is 0.0544. The topological polar surface area (TPSA) is 61.4 Å². The van der Waals surface area contributed by atoms with Crippen LogP contribution in [0, 0.1) is 0 Å². The molecule has 2 amide bonds. The van der Waals surface area contributed by atoms with Crippen LogP contribution in [0.3, 0.4) is 0 Å². The molecule has 1 aliphatic heterocycles. The number of fused-ring (bicyclic) bond motifs is 1. The van der Waals surface area contributed by atoms with Gasteiger partial charge < -0.3 is 15.1 Å². The van der Waals surface area contributed by atoms with E-state index in [1.165, 1.54) is 6.07 Å². The van der Waals surface area contributed by atoms with Gasteiger partial charge in [0.2, 0.25) is 0 Å². The van der Waals surface area contributed by atoms with E-state index in [9.17, 15) is 18.0 Å². The van der Waals surface area contributed by atoms with Crippen molar-refractivity contribution < 1.29 is 18.0 Å². The van der Waals surface area contributed by atoms with E-state index in [1.807, 2.05) is 13.8 Å². The molecular formula is C18H22F3N5O. The van der Waals surface area contributed by atoms with E-state index in [4.69, 9.17) is 0 Å². The Balaban J connectivity index is 1.81. The molecule has 1 aromatic heterocycles. The smallest absolute Gasteiger partial charge is 0.351 e. The molecule has 1 atom stereocenters. The minimum Gasteiger partial charge on any atom is -0.351 e. The second kappa shape index (κ2) is 7.58. The summed E-state index contributed by atoms with van der Waals surface area (Å²) >= 11 is 0. The largest absolute Gasteiger partial charge is 0.437 e. The Bertz CT molecular complexity index is 818. The Labute approximate surface area is 155 Å². The molecule has 6 nitrogen and oxygen atoms in total. The van der Waals surface area contributed by atoms with Gasteiger partial charge in [0.05, 0.1) is 11.0 Å². The maximum atomic E-state index is 13.5. The third-order valence-electron chi connectivity index (χ3n) is 4.67. The molecule has 1 saturated heterocycles. The fraction of sp³-hybridized carbons (Fsp3) is 0.500. The number of hydrogen-bond acceptors (Lipinski definition) is 4. The third kappa shape index (κ3) is 4.23. The minimum atomic E-state index is -4.60. The van der Waals surface area contributed by atoms with Crippen LogP contribution in [0.1, 0.15) is 26.0 Å². The first-order valence-electron chi connectivity index (χ1n) is 8.94. The Morgan fingerprint density at radius 2 is 1.74 bits per heavy atom. The number of hydrogen-bond donors (Lipinski definition) is 1. The van der Waals surface area contributed by atoms with Crippen molar-refractivity contribution in [2.45, 2.75) is 32.5 Å². The summed E-state index contributed by atoms with van der Waals surface area (Å²) in [4.78, 5) is 23.4. The SMILES string of the molecule is CC[C@H](C)NC(=O)N1CCN(c2nc3ccccc3nc2C(F)(F)F)CC1. The van der Waals surface area contributed by atoms with E-state index in [1.54, 1.807) is 28.0 Å². The maximum Gasteiger partial charge on any atom is 0.437 e. The van der Waals surface area contributed by atoms with Crippen LogP contribution < -0.4 is 10.2 Å². The Morgan fingerprint density at radius 1 is 1.15 bits per heavy atom. The quantitative estimate of drug-likeness (QED) is 0.886. The lowest BCUT2D eigenvalue weighted by molar-refractivity contribution is -0.140. The number of urea groups is 1. The molecule has 0 radical (unpaired) electrons. The predicted octanol–water partition coefficient (Wildman–Crippen LogP) is 3.28. The molecular weight excluding hydrogens is 359 g/mol. The molecule has 2 aromatic rings. The van der Waals surface area contributed by atoms with Gasteiger partial charge in [-0.25, -0.2) is 14.8 Å². The summed E-state index contributed by atoms with van der Waals surface area (Å²) in [5.41, 5.74) is -0.365. The molecule has 1 aliphatic rings. The van der Waals surface area contributed by atoms with Crippen LogP contribution in [0.25, 0.3) is 11.0 Å². The highest BCUT2D eigenvalue weighted by Crippen LogP contribution is 2.35. The Morgan fingerprint density at radius 3 is 2.30 bits per heavy atom. The van der Waals surface area contributed by atoms with Gasteiger partial charge >= 0.3 is 12.2 Å². The van der Waals surface area contributed by atoms with Crippen molar-refractivity contribution in [1.29, 1.82) is 0 Å². The highest BCUT2D eigenvalue weighted by atomic mass is 19.4. The van der Waals surface area contributed by atoms with Gasteiger partial charge in [0.1, 0.15) is 0 Å². The maximum absolute atomic E-state index is 13.5. The van der Waals surface area contributed by atoms with E-state index in [2.05, 4.69) is 15.3 Å². The van der Waals surface area contributed by atoms with Crippen LogP contribution in [-0.4, -0.2) is 53.1 Å². The number of rotatable bonds is 3. The lowest BCUT2D eigenvalue weighted by atomic mass is 10.2. The fourth-order valence-corrected chi connectivity index (χ4v) is 2.93. The van der Waals surface area contributed by atoms with Crippen molar-refractivity contribution in [3.05, 3.63) is 30.0 Å². The van der Waals surface area contributed by atoms with Crippen LogP contribution in [0.15, 0.2) is 24.3 Å². The normalized spacial score (nSPS) is 16.5. The molecule has 1 fully saturated rings. The van der Waals surface area contributed by atoms with Gasteiger partial charge in [-0.2, -0.15) is 13.2 Å². The molecule has 1 aromatic carbocycles. The molecule has 146 valence electrons. The van der Waals surface area contributed by atoms with Crippen LogP contribution in [-0.2, 0) is 6.18 Å². The summed E-state index contributed by atoms with van der Waals surface area (Å²) in [6, 6.07) is 6.36. The first-order chi connectivity index (χ1) is 12.8. The molecule has 0 unspecified atom stereocenters. The lowest BCUT2D eigenvalue weighted by Gasteiger charge is -2.36. The first kappa shape index (κ1) is 19.2. The van der Waals surface area contributed by atoms with Crippen molar-refractivity contribution in [1.82, 2.24) is 20.2 Å². The van der Waals surface area contributed by atoms with Gasteiger partial charge in [-0.05, 0) is 25.5 Å². The van der Waals surface area contributed by atoms with E-state index in [0.717, 1.165) is 6.42 Å². The van der Waals surface area contributed by atoms with Crippen LogP contribution in [0.5, 0.6) is 0 Å². The fourth-order valence-electron chi connectivity index (χ4n) is 2.93. The number of nitrogens with one attached hydrogen (secondary N) is 1. The first-order valence-corrected chi connectivity index (χ1v) is 8.94. The van der Waals surface area contributed by atoms with Gasteiger partial charge in [0.25, 0.3) is 0 Å². The van der Waals surface area contributed by atoms with Gasteiger partial charge in [0.15, 0.2) is 11.5 Å². The zero-order valence-corrected chi connectivity index (χ0v) is 15.3. The molecule has 0 spiro atoms. The number of amides is 2. The highest BCUT2D eigenvalue weighted by Gasteiger charge is 2.39. The van der Waals surface area contributed by atoms with Gasteiger partial charge in [-0.3, -0.25) is 0 Å². The van der Waals surface area contributed by atoms with E-state index >= 15 is 0 Å². The molecule has 0 bridgehead atoms. The molecule has 1 N–H and O–H groups in total. The number of aromatic nitrogens is 2. The van der Waals surface area contributed by atoms with Crippen LogP contribution in [0.4, 0.5) is 23.8 Å². The van der Waals surface area contributed by atoms with Gasteiger partial charge in [-0.1, -0.05) is 19.1 Å². The highest BCUT2D eigenvalue weighted by molar-refractivity contribution is 5.77. The summed E-state index contributed by atoms with van der Waals surface area (Å²) in [6.07, 6.45) is -3.79. The Hall–Kier alpha value is -2.58. The zero-order valence-electron chi connectivity index (χ0n) is 15.3. The van der Waals surface area contributed by atoms with E-state index in [-0.39, 0.29) is 36.5 Å². The summed E-state index contributed by atoms with van der Waals surface area (Å²) in [7, 11) is 0. The molecule has 0 saturated carbocycles. The van der Waals surface area contributed by atoms with Gasteiger partial charge in [0, 0.05) is 32.2 Å². The summed E-state index contributed by atoms with van der Waals surface area (Å²) in [5, 5.41) is 2.87. The van der Waals surface area contributed by atoms with Crippen molar-refractivity contribution in [3.8, 4) is 0 Å². The molecule has 2 heterocycles. The van der Waals surface area contributed by atoms with Gasteiger partial charge in [-0.15, -0.1) is 0 Å². The van der Waals surface area contributed by atoms with E-state index < -0.39 is 11.9 Å². The number of alkyl halides is 3. The summed E-state index contributed by atoms with van der Waals surface area (Å²) in [5.74, 6) is -0.178. The number of carbonyl (C=O) groups excluding carboxylic acids is 1. The number of nitrogens with zero attached hydrogens (tertiary/aromatic N) is 4. The molecule has 0 aliphatic carbocycles. The average molecular weight is 381 g/mol. The lowest BCUT2D eigenvalue weighted by Crippen LogP contribution is -2.53. The molecule has 9 heteroatoms. The zero-order chi connectivity index (χ0) is 19.6. The van der Waals surface area contributed by atoms with Crippen molar-refractivity contribution in [2.75, 3.05) is 31.1 Å². The van der Waals surface area contributed by atoms with Crippen molar-refractivity contribution in [2.24, 2.45) is 0 Å². The predicted molar refractivity (Wildman–Crippen MR) is 96.6 cm³/mol. The number of carbonyl (C=O) groups is 1. The third-order valence-corrected chi connectivity index (χ3v) is 4.67. The second-order valence-electron chi connectivity index (χ2n) is 6.62. The molecule has 27 heavy (non-hydrogen) atoms. The summed E-state index contributed by atoms with van der Waals surface area (Å²) in [6.45, 7) is 5.07. The number of anilines is 1. The van der Waals surface area contributed by atoms with Crippen molar-refractivity contribution in [3.63, 3.8) is 0 Å². The number of piperazine rings is 1. The van der Waals surface area contributed by atoms with Crippen molar-refractivity contribution >= 4 is 22.9 Å². The average Bonchev–Trinajstić information content (AvgIpc) is 2.66. The standard InChI is InChI=1S/C18H22F3N5O/c1-3-12(2)22-17(27)26-10-8-25(9-11-26)16-15(18(19,20)21)23-13-6-4-5-7-14(13)24-16/h4-7,12H,3,8-11H2,1-2H3,(H,22,27)/t12-/m0/s1. The summed E-state index contributed by atoms with van der Waals surface area (Å²) < 4.78 is 40.5.